The molecule has 0 bridgehead atoms. The maximum absolute atomic E-state index is 11.3. The highest BCUT2D eigenvalue weighted by atomic mass is 79.9. The summed E-state index contributed by atoms with van der Waals surface area (Å²) in [6.07, 6.45) is 1.76. The molecule has 1 aromatic rings. The van der Waals surface area contributed by atoms with Crippen LogP contribution in [0.1, 0.15) is 5.56 Å². The third-order valence-electron chi connectivity index (χ3n) is 1.76. The highest BCUT2D eigenvalue weighted by Crippen LogP contribution is 2.23. The molecule has 0 spiro atoms. The molecule has 0 atom stereocenters. The number of hydrogen-bond acceptors (Lipinski definition) is 2. The molecule has 0 saturated heterocycles. The lowest BCUT2D eigenvalue weighted by Crippen LogP contribution is -2.09. The fourth-order valence-electron chi connectivity index (χ4n) is 1.04. The molecule has 0 saturated carbocycles. The zero-order valence-electron chi connectivity index (χ0n) is 8.53. The molecule has 1 amide bonds. The van der Waals surface area contributed by atoms with Crippen LogP contribution in [0.15, 0.2) is 34.8 Å². The standard InChI is InChI=1S/C11H10BrNO3/c1-7-2-3-9(8(12)6-7)13-10(14)4-5-11(15)16/h2-6H,1H3,(H,13,14)(H,15,16)/b5-4-. The Morgan fingerprint density at radius 2 is 2.06 bits per heavy atom. The molecule has 5 heteroatoms. The van der Waals surface area contributed by atoms with Gasteiger partial charge in [-0.25, -0.2) is 4.79 Å². The Kier molecular flexibility index (Phi) is 4.25. The van der Waals surface area contributed by atoms with Crippen molar-refractivity contribution in [3.05, 3.63) is 40.4 Å². The SMILES string of the molecule is Cc1ccc(NC(=O)/C=C\C(=O)O)c(Br)c1. The smallest absolute Gasteiger partial charge is 0.328 e. The van der Waals surface area contributed by atoms with Gasteiger partial charge in [-0.2, -0.15) is 0 Å². The number of amides is 1. The number of anilines is 1. The van der Waals surface area contributed by atoms with E-state index in [1.807, 2.05) is 19.1 Å². The molecule has 1 rings (SSSR count). The number of aliphatic carboxylic acids is 1. The number of hydrogen-bond donors (Lipinski definition) is 2. The normalized spacial score (nSPS) is 10.4. The third kappa shape index (κ3) is 3.86. The average Bonchev–Trinajstić information content (AvgIpc) is 2.19. The van der Waals surface area contributed by atoms with Crippen LogP contribution in [-0.2, 0) is 9.59 Å². The molecule has 0 aliphatic carbocycles. The van der Waals surface area contributed by atoms with Crippen molar-refractivity contribution < 1.29 is 14.7 Å². The van der Waals surface area contributed by atoms with Gasteiger partial charge in [0.25, 0.3) is 0 Å². The van der Waals surface area contributed by atoms with Crippen LogP contribution in [0.2, 0.25) is 0 Å². The first-order valence-electron chi connectivity index (χ1n) is 4.47. The lowest BCUT2D eigenvalue weighted by atomic mass is 10.2. The molecule has 4 nitrogen and oxygen atoms in total. The van der Waals surface area contributed by atoms with E-state index in [2.05, 4.69) is 21.2 Å². The van der Waals surface area contributed by atoms with Crippen LogP contribution in [-0.4, -0.2) is 17.0 Å². The highest BCUT2D eigenvalue weighted by Gasteiger charge is 2.03. The summed E-state index contributed by atoms with van der Waals surface area (Å²) in [5, 5.41) is 10.9. The van der Waals surface area contributed by atoms with E-state index in [0.717, 1.165) is 22.2 Å². The number of benzene rings is 1. The van der Waals surface area contributed by atoms with E-state index in [1.54, 1.807) is 6.07 Å². The number of rotatable bonds is 3. The van der Waals surface area contributed by atoms with Crippen LogP contribution in [0.25, 0.3) is 0 Å². The molecule has 0 aliphatic heterocycles. The molecule has 1 aromatic carbocycles. The maximum atomic E-state index is 11.3. The predicted molar refractivity (Wildman–Crippen MR) is 64.3 cm³/mol. The maximum Gasteiger partial charge on any atom is 0.328 e. The molecular formula is C11H10BrNO3. The molecule has 2 N–H and O–H groups in total. The van der Waals surface area contributed by atoms with Gasteiger partial charge in [0.05, 0.1) is 5.69 Å². The summed E-state index contributed by atoms with van der Waals surface area (Å²) in [5.41, 5.74) is 1.66. The number of halogens is 1. The Balaban J connectivity index is 2.73. The minimum absolute atomic E-state index is 0.480. The van der Waals surface area contributed by atoms with Crippen LogP contribution in [0.5, 0.6) is 0 Å². The summed E-state index contributed by atoms with van der Waals surface area (Å²) in [5.74, 6) is -1.63. The molecular weight excluding hydrogens is 274 g/mol. The first kappa shape index (κ1) is 12.4. The number of carbonyl (C=O) groups is 2. The van der Waals surface area contributed by atoms with Gasteiger partial charge in [0.1, 0.15) is 0 Å². The second kappa shape index (κ2) is 5.46. The van der Waals surface area contributed by atoms with Crippen molar-refractivity contribution in [3.63, 3.8) is 0 Å². The van der Waals surface area contributed by atoms with Crippen LogP contribution in [0.4, 0.5) is 5.69 Å². The fraction of sp³-hybridized carbons (Fsp3) is 0.0909. The number of carboxylic acid groups (broad SMARTS) is 1. The quantitative estimate of drug-likeness (QED) is 0.837. The van der Waals surface area contributed by atoms with Crippen LogP contribution in [0, 0.1) is 6.92 Å². The molecule has 0 aromatic heterocycles. The zero-order chi connectivity index (χ0) is 12.1. The van der Waals surface area contributed by atoms with Gasteiger partial charge in [0.15, 0.2) is 0 Å². The van der Waals surface area contributed by atoms with Gasteiger partial charge < -0.3 is 10.4 Å². The Labute approximate surface area is 101 Å². The molecule has 0 unspecified atom stereocenters. The van der Waals surface area contributed by atoms with E-state index in [1.165, 1.54) is 0 Å². The van der Waals surface area contributed by atoms with Gasteiger partial charge in [-0.1, -0.05) is 6.07 Å². The minimum Gasteiger partial charge on any atom is -0.478 e. The van der Waals surface area contributed by atoms with Gasteiger partial charge >= 0.3 is 5.97 Å². The van der Waals surface area contributed by atoms with E-state index in [-0.39, 0.29) is 0 Å². The van der Waals surface area contributed by atoms with Crippen LogP contribution >= 0.6 is 15.9 Å². The first-order valence-corrected chi connectivity index (χ1v) is 5.26. The Morgan fingerprint density at radius 3 is 2.62 bits per heavy atom. The van der Waals surface area contributed by atoms with E-state index in [0.29, 0.717) is 5.69 Å². The predicted octanol–water partition coefficient (Wildman–Crippen LogP) is 2.34. The van der Waals surface area contributed by atoms with Gasteiger partial charge in [-0.05, 0) is 40.5 Å². The molecule has 0 heterocycles. The van der Waals surface area contributed by atoms with Crippen molar-refractivity contribution in [3.8, 4) is 0 Å². The summed E-state index contributed by atoms with van der Waals surface area (Å²) in [6.45, 7) is 1.93. The van der Waals surface area contributed by atoms with Gasteiger partial charge in [0, 0.05) is 16.6 Å². The van der Waals surface area contributed by atoms with Gasteiger partial charge in [-0.3, -0.25) is 4.79 Å². The Morgan fingerprint density at radius 1 is 1.38 bits per heavy atom. The first-order chi connectivity index (χ1) is 7.49. The summed E-state index contributed by atoms with van der Waals surface area (Å²) in [7, 11) is 0. The largest absolute Gasteiger partial charge is 0.478 e. The number of aryl methyl sites for hydroxylation is 1. The van der Waals surface area contributed by atoms with Crippen molar-refractivity contribution in [1.82, 2.24) is 0 Å². The lowest BCUT2D eigenvalue weighted by Gasteiger charge is -2.05. The minimum atomic E-state index is -1.15. The topological polar surface area (TPSA) is 66.4 Å². The van der Waals surface area contributed by atoms with Crippen molar-refractivity contribution in [2.45, 2.75) is 6.92 Å². The number of carboxylic acids is 1. The van der Waals surface area contributed by atoms with Crippen molar-refractivity contribution in [2.24, 2.45) is 0 Å². The molecule has 16 heavy (non-hydrogen) atoms. The lowest BCUT2D eigenvalue weighted by molar-refractivity contribution is -0.131. The van der Waals surface area contributed by atoms with Gasteiger partial charge in [0.2, 0.25) is 5.91 Å². The Bertz CT molecular complexity index is 455. The summed E-state index contributed by atoms with van der Waals surface area (Å²) in [4.78, 5) is 21.5. The second-order valence-electron chi connectivity index (χ2n) is 3.14. The zero-order valence-corrected chi connectivity index (χ0v) is 10.1. The highest BCUT2D eigenvalue weighted by molar-refractivity contribution is 9.10. The van der Waals surface area contributed by atoms with Crippen molar-refractivity contribution in [1.29, 1.82) is 0 Å². The molecule has 84 valence electrons. The third-order valence-corrected chi connectivity index (χ3v) is 2.42. The fourth-order valence-corrected chi connectivity index (χ4v) is 1.64. The van der Waals surface area contributed by atoms with E-state index in [4.69, 9.17) is 5.11 Å². The second-order valence-corrected chi connectivity index (χ2v) is 4.00. The molecule has 0 fully saturated rings. The summed E-state index contributed by atoms with van der Waals surface area (Å²) in [6, 6.07) is 5.45. The summed E-state index contributed by atoms with van der Waals surface area (Å²) < 4.78 is 0.754. The average molecular weight is 284 g/mol. The van der Waals surface area contributed by atoms with Crippen LogP contribution in [0.3, 0.4) is 0 Å². The van der Waals surface area contributed by atoms with Crippen molar-refractivity contribution >= 4 is 33.5 Å². The van der Waals surface area contributed by atoms with E-state index in [9.17, 15) is 9.59 Å². The van der Waals surface area contributed by atoms with Gasteiger partial charge in [-0.15, -0.1) is 0 Å². The summed E-state index contributed by atoms with van der Waals surface area (Å²) >= 11 is 3.30. The van der Waals surface area contributed by atoms with E-state index >= 15 is 0 Å². The number of carbonyl (C=O) groups excluding carboxylic acids is 1. The number of nitrogens with one attached hydrogen (secondary N) is 1. The van der Waals surface area contributed by atoms with Crippen LogP contribution < -0.4 is 5.32 Å². The van der Waals surface area contributed by atoms with Crippen molar-refractivity contribution in [2.75, 3.05) is 5.32 Å². The monoisotopic (exact) mass is 283 g/mol. The molecule has 0 aliphatic rings. The van der Waals surface area contributed by atoms with E-state index < -0.39 is 11.9 Å². The Hall–Kier alpha value is -1.62. The molecule has 0 radical (unpaired) electrons.